The van der Waals surface area contributed by atoms with Gasteiger partial charge in [0.2, 0.25) is 11.8 Å². The first-order chi connectivity index (χ1) is 17.3. The number of ether oxygens (including phenoxy) is 3. The number of carbonyl (C=O) groups is 2. The number of anilines is 1. The number of aromatic nitrogens is 3. The lowest BCUT2D eigenvalue weighted by atomic mass is 10.2. The summed E-state index contributed by atoms with van der Waals surface area (Å²) >= 11 is 1.25. The van der Waals surface area contributed by atoms with Gasteiger partial charge in [0, 0.05) is 13.1 Å². The van der Waals surface area contributed by atoms with Crippen LogP contribution >= 0.6 is 11.8 Å². The van der Waals surface area contributed by atoms with E-state index in [0.717, 1.165) is 11.1 Å². The van der Waals surface area contributed by atoms with Crippen LogP contribution in [0.15, 0.2) is 47.6 Å². The van der Waals surface area contributed by atoms with Gasteiger partial charge in [0.25, 0.3) is 0 Å². The summed E-state index contributed by atoms with van der Waals surface area (Å²) < 4.78 is 17.5. The molecule has 0 unspecified atom stereocenters. The van der Waals surface area contributed by atoms with Gasteiger partial charge in [-0.05, 0) is 48.4 Å². The molecule has 1 heterocycles. The number of hydrogen-bond donors (Lipinski definition) is 2. The summed E-state index contributed by atoms with van der Waals surface area (Å²) in [5.41, 5.74) is 2.42. The molecule has 0 aliphatic heterocycles. The van der Waals surface area contributed by atoms with Crippen LogP contribution in [0, 0.1) is 6.92 Å². The molecule has 0 saturated heterocycles. The first-order valence-corrected chi connectivity index (χ1v) is 12.0. The summed E-state index contributed by atoms with van der Waals surface area (Å²) in [6.07, 6.45) is 3.11. The van der Waals surface area contributed by atoms with E-state index in [-0.39, 0.29) is 24.1 Å². The summed E-state index contributed by atoms with van der Waals surface area (Å²) in [7, 11) is 6.46. The minimum absolute atomic E-state index is 0.142. The standard InChI is InChI=1S/C25H29N5O5S/c1-16-6-9-19(33-3)18(12-16)27-24(32)15-36-25-29-28-22(30(25)2)14-26-23(31)11-8-17-7-10-20(34-4)21(13-17)35-5/h6-13H,14-15H2,1-5H3,(H,26,31)(H,27,32)/b11-8+. The Balaban J connectivity index is 1.51. The van der Waals surface area contributed by atoms with Crippen molar-refractivity contribution < 1.29 is 23.8 Å². The third kappa shape index (κ3) is 7.01. The van der Waals surface area contributed by atoms with E-state index in [4.69, 9.17) is 14.2 Å². The van der Waals surface area contributed by atoms with Crippen LogP contribution in [-0.4, -0.2) is 53.7 Å². The van der Waals surface area contributed by atoms with Gasteiger partial charge in [-0.2, -0.15) is 0 Å². The molecule has 11 heteroatoms. The predicted molar refractivity (Wildman–Crippen MR) is 139 cm³/mol. The number of carbonyl (C=O) groups excluding carboxylic acids is 2. The summed E-state index contributed by atoms with van der Waals surface area (Å²) in [6.45, 7) is 2.13. The van der Waals surface area contributed by atoms with Crippen molar-refractivity contribution >= 4 is 35.3 Å². The van der Waals surface area contributed by atoms with Crippen molar-refractivity contribution in [1.29, 1.82) is 0 Å². The first kappa shape index (κ1) is 26.6. The Kier molecular flexibility index (Phi) is 9.34. The van der Waals surface area contributed by atoms with Crippen LogP contribution < -0.4 is 24.8 Å². The molecule has 0 bridgehead atoms. The van der Waals surface area contributed by atoms with Gasteiger partial charge >= 0.3 is 0 Å². The summed E-state index contributed by atoms with van der Waals surface area (Å²) in [6, 6.07) is 10.9. The number of aryl methyl sites for hydroxylation is 1. The molecule has 190 valence electrons. The highest BCUT2D eigenvalue weighted by molar-refractivity contribution is 7.99. The van der Waals surface area contributed by atoms with Crippen molar-refractivity contribution in [3.8, 4) is 17.2 Å². The number of benzene rings is 2. The number of nitrogens with zero attached hydrogens (tertiary/aromatic N) is 3. The smallest absolute Gasteiger partial charge is 0.244 e. The largest absolute Gasteiger partial charge is 0.495 e. The zero-order chi connectivity index (χ0) is 26.1. The highest BCUT2D eigenvalue weighted by atomic mass is 32.2. The molecule has 10 nitrogen and oxygen atoms in total. The van der Waals surface area contributed by atoms with E-state index in [2.05, 4.69) is 20.8 Å². The maximum Gasteiger partial charge on any atom is 0.244 e. The van der Waals surface area contributed by atoms with E-state index in [0.29, 0.717) is 33.9 Å². The molecule has 2 aromatic carbocycles. The Hall–Kier alpha value is -3.99. The van der Waals surface area contributed by atoms with E-state index in [1.807, 2.05) is 31.2 Å². The third-order valence-electron chi connectivity index (χ3n) is 5.14. The lowest BCUT2D eigenvalue weighted by molar-refractivity contribution is -0.116. The lowest BCUT2D eigenvalue weighted by Gasteiger charge is -2.11. The van der Waals surface area contributed by atoms with Crippen molar-refractivity contribution in [2.75, 3.05) is 32.4 Å². The molecule has 0 aliphatic carbocycles. The SMILES string of the molecule is COc1ccc(C)cc1NC(=O)CSc1nnc(CNC(=O)/C=C/c2ccc(OC)c(OC)c2)n1C. The Morgan fingerprint density at radius 1 is 1.00 bits per heavy atom. The number of rotatable bonds is 11. The molecule has 0 radical (unpaired) electrons. The van der Waals surface area contributed by atoms with Gasteiger partial charge in [-0.25, -0.2) is 0 Å². The zero-order valence-corrected chi connectivity index (χ0v) is 21.6. The quantitative estimate of drug-likeness (QED) is 0.298. The molecule has 0 spiro atoms. The van der Waals surface area contributed by atoms with Crippen LogP contribution in [0.5, 0.6) is 17.2 Å². The molecular formula is C25H29N5O5S. The van der Waals surface area contributed by atoms with E-state index in [1.165, 1.54) is 17.8 Å². The molecule has 0 fully saturated rings. The van der Waals surface area contributed by atoms with Gasteiger partial charge in [-0.15, -0.1) is 10.2 Å². The highest BCUT2D eigenvalue weighted by Crippen LogP contribution is 2.28. The fourth-order valence-corrected chi connectivity index (χ4v) is 3.94. The van der Waals surface area contributed by atoms with Gasteiger partial charge < -0.3 is 29.4 Å². The Labute approximate surface area is 214 Å². The Morgan fingerprint density at radius 2 is 1.72 bits per heavy atom. The minimum atomic E-state index is -0.284. The number of amides is 2. The topological polar surface area (TPSA) is 117 Å². The maximum absolute atomic E-state index is 12.4. The molecule has 0 saturated carbocycles. The second-order valence-corrected chi connectivity index (χ2v) is 8.61. The van der Waals surface area contributed by atoms with Gasteiger partial charge in [-0.3, -0.25) is 9.59 Å². The van der Waals surface area contributed by atoms with Crippen LogP contribution in [0.1, 0.15) is 17.0 Å². The van der Waals surface area contributed by atoms with Crippen molar-refractivity contribution in [3.63, 3.8) is 0 Å². The molecular weight excluding hydrogens is 482 g/mol. The zero-order valence-electron chi connectivity index (χ0n) is 20.8. The van der Waals surface area contributed by atoms with Crippen LogP contribution in [0.25, 0.3) is 6.08 Å². The summed E-state index contributed by atoms with van der Waals surface area (Å²) in [5, 5.41) is 14.4. The second-order valence-electron chi connectivity index (χ2n) is 7.66. The third-order valence-corrected chi connectivity index (χ3v) is 6.16. The number of methoxy groups -OCH3 is 3. The van der Waals surface area contributed by atoms with Crippen molar-refractivity contribution in [2.24, 2.45) is 7.05 Å². The van der Waals surface area contributed by atoms with E-state index < -0.39 is 0 Å². The fourth-order valence-electron chi connectivity index (χ4n) is 3.21. The van der Waals surface area contributed by atoms with E-state index in [1.54, 1.807) is 51.2 Å². The minimum Gasteiger partial charge on any atom is -0.495 e. The van der Waals surface area contributed by atoms with Gasteiger partial charge in [0.1, 0.15) is 5.75 Å². The maximum atomic E-state index is 12.4. The average Bonchev–Trinajstić information content (AvgIpc) is 3.23. The fraction of sp³-hybridized carbons (Fsp3) is 0.280. The molecule has 0 atom stereocenters. The summed E-state index contributed by atoms with van der Waals surface area (Å²) in [5.74, 6) is 2.01. The summed E-state index contributed by atoms with van der Waals surface area (Å²) in [4.78, 5) is 24.7. The molecule has 0 aliphatic rings. The van der Waals surface area contributed by atoms with Crippen molar-refractivity contribution in [3.05, 3.63) is 59.4 Å². The van der Waals surface area contributed by atoms with Crippen molar-refractivity contribution in [1.82, 2.24) is 20.1 Å². The van der Waals surface area contributed by atoms with E-state index >= 15 is 0 Å². The molecule has 1 aromatic heterocycles. The predicted octanol–water partition coefficient (Wildman–Crippen LogP) is 3.21. The van der Waals surface area contributed by atoms with E-state index in [9.17, 15) is 9.59 Å². The Morgan fingerprint density at radius 3 is 2.44 bits per heavy atom. The highest BCUT2D eigenvalue weighted by Gasteiger charge is 2.13. The van der Waals surface area contributed by atoms with Crippen LogP contribution in [0.2, 0.25) is 0 Å². The Bertz CT molecular complexity index is 1260. The molecule has 3 rings (SSSR count). The normalized spacial score (nSPS) is 10.8. The lowest BCUT2D eigenvalue weighted by Crippen LogP contribution is -2.22. The van der Waals surface area contributed by atoms with Gasteiger partial charge in [-0.1, -0.05) is 23.9 Å². The van der Waals surface area contributed by atoms with Crippen LogP contribution in [-0.2, 0) is 23.2 Å². The number of nitrogens with one attached hydrogen (secondary N) is 2. The molecule has 2 amide bonds. The van der Waals surface area contributed by atoms with Crippen LogP contribution in [0.3, 0.4) is 0 Å². The van der Waals surface area contributed by atoms with Crippen molar-refractivity contribution in [2.45, 2.75) is 18.6 Å². The molecule has 3 aromatic rings. The van der Waals surface area contributed by atoms with Gasteiger partial charge in [0.15, 0.2) is 22.5 Å². The van der Waals surface area contributed by atoms with Gasteiger partial charge in [0.05, 0.1) is 39.3 Å². The average molecular weight is 512 g/mol. The molecule has 2 N–H and O–H groups in total. The molecule has 36 heavy (non-hydrogen) atoms. The number of thioether (sulfide) groups is 1. The number of hydrogen-bond acceptors (Lipinski definition) is 8. The first-order valence-electron chi connectivity index (χ1n) is 11.0. The van der Waals surface area contributed by atoms with Crippen LogP contribution in [0.4, 0.5) is 5.69 Å². The monoisotopic (exact) mass is 511 g/mol. The second kappa shape index (κ2) is 12.6.